The summed E-state index contributed by atoms with van der Waals surface area (Å²) in [5.74, 6) is -0.924. The Morgan fingerprint density at radius 3 is 2.40 bits per heavy atom. The van der Waals surface area contributed by atoms with Crippen LogP contribution in [0.3, 0.4) is 0 Å². The van der Waals surface area contributed by atoms with Crippen LogP contribution in [0.2, 0.25) is 0 Å². The largest absolute Gasteiger partial charge is 0.398 e. The Balaban J connectivity index is 3.09. The SMILES string of the molecule is N=C(N)NC(=O)c1cc(Br)c(Br)cc1N. The summed E-state index contributed by atoms with van der Waals surface area (Å²) >= 11 is 6.50. The van der Waals surface area contributed by atoms with Crippen LogP contribution in [0.4, 0.5) is 5.69 Å². The minimum atomic E-state index is -0.506. The van der Waals surface area contributed by atoms with Crippen LogP contribution in [0.15, 0.2) is 21.1 Å². The molecule has 0 aliphatic carbocycles. The maximum Gasteiger partial charge on any atom is 0.260 e. The number of anilines is 1. The molecule has 0 radical (unpaired) electrons. The molecule has 1 aromatic carbocycles. The molecule has 0 aromatic heterocycles. The first-order chi connectivity index (χ1) is 6.91. The number of guanidine groups is 1. The van der Waals surface area contributed by atoms with E-state index in [4.69, 9.17) is 16.9 Å². The van der Waals surface area contributed by atoms with E-state index in [0.717, 1.165) is 4.47 Å². The van der Waals surface area contributed by atoms with E-state index < -0.39 is 11.9 Å². The molecule has 0 aliphatic rings. The monoisotopic (exact) mass is 334 g/mol. The molecule has 0 bridgehead atoms. The third kappa shape index (κ3) is 2.93. The smallest absolute Gasteiger partial charge is 0.260 e. The predicted octanol–water partition coefficient (Wildman–Crippen LogP) is 1.42. The Bertz CT molecular complexity index is 433. The van der Waals surface area contributed by atoms with Crippen molar-refractivity contribution in [3.05, 3.63) is 26.6 Å². The van der Waals surface area contributed by atoms with Gasteiger partial charge >= 0.3 is 0 Å². The van der Waals surface area contributed by atoms with Crippen LogP contribution in [-0.2, 0) is 0 Å². The highest BCUT2D eigenvalue weighted by Crippen LogP contribution is 2.28. The average Bonchev–Trinajstić information content (AvgIpc) is 2.09. The highest BCUT2D eigenvalue weighted by molar-refractivity contribution is 9.13. The van der Waals surface area contributed by atoms with Crippen molar-refractivity contribution in [2.24, 2.45) is 5.73 Å². The van der Waals surface area contributed by atoms with Crippen LogP contribution < -0.4 is 16.8 Å². The van der Waals surface area contributed by atoms with E-state index in [0.29, 0.717) is 10.2 Å². The quantitative estimate of drug-likeness (QED) is 0.354. The van der Waals surface area contributed by atoms with Crippen molar-refractivity contribution in [3.8, 4) is 0 Å². The van der Waals surface area contributed by atoms with Gasteiger partial charge in [0, 0.05) is 14.6 Å². The Morgan fingerprint density at radius 1 is 1.33 bits per heavy atom. The third-order valence-corrected chi connectivity index (χ3v) is 3.43. The van der Waals surface area contributed by atoms with Crippen LogP contribution in [-0.4, -0.2) is 11.9 Å². The summed E-state index contributed by atoms with van der Waals surface area (Å²) < 4.78 is 1.45. The number of amides is 1. The first-order valence-electron chi connectivity index (χ1n) is 3.81. The number of hydrogen-bond acceptors (Lipinski definition) is 3. The number of hydrogen-bond donors (Lipinski definition) is 4. The second-order valence-electron chi connectivity index (χ2n) is 2.72. The Hall–Kier alpha value is -1.08. The molecule has 80 valence electrons. The fraction of sp³-hybridized carbons (Fsp3) is 0. The Morgan fingerprint density at radius 2 is 1.87 bits per heavy atom. The molecule has 0 fully saturated rings. The molecular weight excluding hydrogens is 328 g/mol. The maximum atomic E-state index is 11.5. The van der Waals surface area contributed by atoms with E-state index >= 15 is 0 Å². The molecule has 15 heavy (non-hydrogen) atoms. The minimum absolute atomic E-state index is 0.264. The molecule has 0 aliphatic heterocycles. The van der Waals surface area contributed by atoms with E-state index in [1.165, 1.54) is 0 Å². The van der Waals surface area contributed by atoms with Gasteiger partial charge in [-0.15, -0.1) is 0 Å². The van der Waals surface area contributed by atoms with E-state index in [1.54, 1.807) is 12.1 Å². The number of carbonyl (C=O) groups excluding carboxylic acids is 1. The Kier molecular flexibility index (Phi) is 3.70. The topological polar surface area (TPSA) is 105 Å². The lowest BCUT2D eigenvalue weighted by Gasteiger charge is -2.07. The molecule has 6 N–H and O–H groups in total. The van der Waals surface area contributed by atoms with Crippen molar-refractivity contribution in [1.82, 2.24) is 5.32 Å². The second kappa shape index (κ2) is 4.63. The van der Waals surface area contributed by atoms with Crippen molar-refractivity contribution in [2.75, 3.05) is 5.73 Å². The number of benzene rings is 1. The number of halogens is 2. The summed E-state index contributed by atoms with van der Waals surface area (Å²) in [5.41, 5.74) is 11.3. The van der Waals surface area contributed by atoms with Crippen LogP contribution in [0.5, 0.6) is 0 Å². The highest BCUT2D eigenvalue weighted by Gasteiger charge is 2.12. The number of rotatable bonds is 1. The molecule has 0 saturated carbocycles. The minimum Gasteiger partial charge on any atom is -0.398 e. The standard InChI is InChI=1S/C8H8Br2N4O/c9-4-1-3(6(11)2-5(4)10)7(15)14-8(12)13/h1-2H,11H2,(H4,12,13,14,15). The molecular formula is C8H8Br2N4O. The lowest BCUT2D eigenvalue weighted by atomic mass is 10.2. The predicted molar refractivity (Wildman–Crippen MR) is 65.6 cm³/mol. The zero-order valence-corrected chi connectivity index (χ0v) is 10.6. The molecule has 0 saturated heterocycles. The van der Waals surface area contributed by atoms with Crippen molar-refractivity contribution >= 4 is 49.4 Å². The summed E-state index contributed by atoms with van der Waals surface area (Å²) in [4.78, 5) is 11.5. The molecule has 0 heterocycles. The van der Waals surface area contributed by atoms with Gasteiger partial charge in [-0.25, -0.2) is 0 Å². The summed E-state index contributed by atoms with van der Waals surface area (Å²) in [6.45, 7) is 0. The number of nitrogen functional groups attached to an aromatic ring is 1. The number of nitrogens with one attached hydrogen (secondary N) is 2. The van der Waals surface area contributed by atoms with Gasteiger partial charge in [0.15, 0.2) is 5.96 Å². The zero-order chi connectivity index (χ0) is 11.6. The van der Waals surface area contributed by atoms with Gasteiger partial charge in [-0.3, -0.25) is 15.5 Å². The van der Waals surface area contributed by atoms with Gasteiger partial charge in [-0.2, -0.15) is 0 Å². The summed E-state index contributed by atoms with van der Waals surface area (Å²) in [7, 11) is 0. The average molecular weight is 336 g/mol. The van der Waals surface area contributed by atoms with Crippen LogP contribution in [0, 0.1) is 5.41 Å². The molecule has 1 amide bonds. The van der Waals surface area contributed by atoms with Gasteiger partial charge in [-0.1, -0.05) is 0 Å². The fourth-order valence-electron chi connectivity index (χ4n) is 0.949. The lowest BCUT2D eigenvalue weighted by Crippen LogP contribution is -2.36. The van der Waals surface area contributed by atoms with Crippen LogP contribution in [0.25, 0.3) is 0 Å². The van der Waals surface area contributed by atoms with E-state index in [9.17, 15) is 4.79 Å². The number of nitrogens with two attached hydrogens (primary N) is 2. The van der Waals surface area contributed by atoms with E-state index in [2.05, 4.69) is 37.2 Å². The molecule has 7 heteroatoms. The first-order valence-corrected chi connectivity index (χ1v) is 5.40. The number of carbonyl (C=O) groups is 1. The lowest BCUT2D eigenvalue weighted by molar-refractivity contribution is 0.0977. The molecule has 1 aromatic rings. The molecule has 0 unspecified atom stereocenters. The van der Waals surface area contributed by atoms with E-state index in [1.807, 2.05) is 0 Å². The summed E-state index contributed by atoms with van der Waals surface area (Å²) in [5, 5.41) is 9.08. The highest BCUT2D eigenvalue weighted by atomic mass is 79.9. The van der Waals surface area contributed by atoms with Gasteiger partial charge in [0.1, 0.15) is 0 Å². The molecule has 1 rings (SSSR count). The van der Waals surface area contributed by atoms with Gasteiger partial charge in [0.25, 0.3) is 5.91 Å². The summed E-state index contributed by atoms with van der Waals surface area (Å²) in [6, 6.07) is 3.15. The zero-order valence-electron chi connectivity index (χ0n) is 7.47. The van der Waals surface area contributed by atoms with Gasteiger partial charge in [0.2, 0.25) is 0 Å². The molecule has 0 atom stereocenters. The van der Waals surface area contributed by atoms with Gasteiger partial charge in [0.05, 0.1) is 5.56 Å². The van der Waals surface area contributed by atoms with Gasteiger partial charge in [-0.05, 0) is 44.0 Å². The van der Waals surface area contributed by atoms with Crippen molar-refractivity contribution < 1.29 is 4.79 Å². The van der Waals surface area contributed by atoms with Crippen LogP contribution in [0.1, 0.15) is 10.4 Å². The summed E-state index contributed by atoms with van der Waals surface area (Å²) in [6.07, 6.45) is 0. The van der Waals surface area contributed by atoms with Crippen molar-refractivity contribution in [2.45, 2.75) is 0 Å². The van der Waals surface area contributed by atoms with Crippen LogP contribution >= 0.6 is 31.9 Å². The molecule has 5 nitrogen and oxygen atoms in total. The molecule has 0 spiro atoms. The Labute approximate surface area is 103 Å². The van der Waals surface area contributed by atoms with Crippen molar-refractivity contribution in [1.29, 1.82) is 5.41 Å². The third-order valence-electron chi connectivity index (χ3n) is 1.59. The maximum absolute atomic E-state index is 11.5. The fourth-order valence-corrected chi connectivity index (χ4v) is 1.65. The first kappa shape index (κ1) is 12.0. The second-order valence-corrected chi connectivity index (χ2v) is 4.43. The van der Waals surface area contributed by atoms with Gasteiger partial charge < -0.3 is 11.5 Å². The van der Waals surface area contributed by atoms with Crippen molar-refractivity contribution in [3.63, 3.8) is 0 Å². The normalized spacial score (nSPS) is 9.73. The van der Waals surface area contributed by atoms with E-state index in [-0.39, 0.29) is 5.56 Å².